The lowest BCUT2D eigenvalue weighted by Crippen LogP contribution is -2.63. The number of benzene rings is 3. The molecule has 0 spiro atoms. The first-order valence-corrected chi connectivity index (χ1v) is 17.8. The Labute approximate surface area is 334 Å². The van der Waals surface area contributed by atoms with Crippen molar-refractivity contribution in [3.8, 4) is 62.9 Å². The fraction of sp³-hybridized carbons (Fsp3) is 0.385. The second-order valence-corrected chi connectivity index (χ2v) is 13.4. The largest absolute Gasteiger partial charge is 0.507 e. The molecular formula is C39H42O20. The molecule has 9 N–H and O–H groups in total. The van der Waals surface area contributed by atoms with Crippen LogP contribution in [0.15, 0.2) is 63.8 Å². The molecule has 59 heavy (non-hydrogen) atoms. The van der Waals surface area contributed by atoms with Crippen molar-refractivity contribution in [3.63, 3.8) is 0 Å². The number of aliphatic hydroxyl groups is 6. The summed E-state index contributed by atoms with van der Waals surface area (Å²) in [5.74, 6) is -2.43. The number of carbonyl (C=O) groups is 1. The number of phenols is 3. The molecule has 10 atom stereocenters. The monoisotopic (exact) mass is 830 g/mol. The fourth-order valence-electron chi connectivity index (χ4n) is 6.43. The van der Waals surface area contributed by atoms with Crippen molar-refractivity contribution in [3.05, 3.63) is 70.4 Å². The normalized spacial score (nSPS) is 27.1. The van der Waals surface area contributed by atoms with E-state index in [1.165, 1.54) is 63.8 Å². The fourth-order valence-corrected chi connectivity index (χ4v) is 6.43. The Balaban J connectivity index is 1.33. The molecule has 0 bridgehead atoms. The number of aliphatic hydroxyl groups excluding tert-OH is 6. The Morgan fingerprint density at radius 3 is 2.05 bits per heavy atom. The van der Waals surface area contributed by atoms with Gasteiger partial charge in [0, 0.05) is 23.8 Å². The van der Waals surface area contributed by atoms with Crippen LogP contribution in [0.2, 0.25) is 0 Å². The van der Waals surface area contributed by atoms with E-state index >= 15 is 0 Å². The van der Waals surface area contributed by atoms with Gasteiger partial charge in [-0.1, -0.05) is 0 Å². The van der Waals surface area contributed by atoms with Gasteiger partial charge in [0.05, 0.1) is 40.1 Å². The number of esters is 1. The highest BCUT2D eigenvalue weighted by atomic mass is 16.7. The topological polar surface area (TPSA) is 303 Å². The van der Waals surface area contributed by atoms with Crippen LogP contribution in [0.5, 0.6) is 40.2 Å². The van der Waals surface area contributed by atoms with Crippen molar-refractivity contribution in [1.82, 2.24) is 0 Å². The SMILES string of the molecule is COc1cc(-c2oc3cc(=O)cc(O)c-3cc2OC2OC(COC3OC(CO)C(O)C(O)C3O)C(OC(=O)C=Cc3cc(OC)c(O)c(OC)c3)C(O)C2O)ccc1O. The summed E-state index contributed by atoms with van der Waals surface area (Å²) >= 11 is 0. The van der Waals surface area contributed by atoms with Gasteiger partial charge < -0.3 is 88.3 Å². The van der Waals surface area contributed by atoms with Crippen LogP contribution in [0.25, 0.3) is 28.7 Å². The van der Waals surface area contributed by atoms with Gasteiger partial charge in [0.2, 0.25) is 12.0 Å². The highest BCUT2D eigenvalue weighted by molar-refractivity contribution is 5.87. The summed E-state index contributed by atoms with van der Waals surface area (Å²) in [6.45, 7) is -1.48. The second kappa shape index (κ2) is 18.1. The molecule has 2 saturated heterocycles. The standard InChI is InChI=1S/C39H42O20/c1-51-23-10-17(5-6-20(23)42)36-26(13-19-21(43)11-18(41)12-22(19)55-36)56-39-35(50)33(48)37(28(58-39)15-54-38-34(49)32(47)31(46)27(14-40)57-38)59-29(44)7-4-16-8-24(52-2)30(45)25(9-16)53-3/h4-13,27-28,31-35,37-40,42-43,45-50H,14-15H2,1-3H3. The van der Waals surface area contributed by atoms with Gasteiger partial charge in [0.25, 0.3) is 0 Å². The minimum Gasteiger partial charge on any atom is -0.507 e. The van der Waals surface area contributed by atoms with Crippen LogP contribution >= 0.6 is 0 Å². The third kappa shape index (κ3) is 9.00. The predicted octanol–water partition coefficient (Wildman–Crippen LogP) is -0.179. The van der Waals surface area contributed by atoms with Crippen LogP contribution in [0.4, 0.5) is 0 Å². The van der Waals surface area contributed by atoms with Gasteiger partial charge in [-0.2, -0.15) is 0 Å². The first kappa shape index (κ1) is 42.9. The van der Waals surface area contributed by atoms with Crippen LogP contribution in [-0.2, 0) is 23.7 Å². The average molecular weight is 831 g/mol. The number of fused-ring (bicyclic) bond motifs is 1. The molecular weight excluding hydrogens is 788 g/mol. The van der Waals surface area contributed by atoms with Gasteiger partial charge in [-0.3, -0.25) is 4.79 Å². The molecule has 3 heterocycles. The molecule has 2 aromatic rings. The molecule has 3 aliphatic heterocycles. The summed E-state index contributed by atoms with van der Waals surface area (Å²) in [5.41, 5.74) is -0.0608. The Bertz CT molecular complexity index is 2140. The summed E-state index contributed by atoms with van der Waals surface area (Å²) in [6.07, 6.45) is -15.3. The van der Waals surface area contributed by atoms with Crippen molar-refractivity contribution >= 4 is 12.0 Å². The van der Waals surface area contributed by atoms with E-state index in [9.17, 15) is 55.5 Å². The van der Waals surface area contributed by atoms with Crippen LogP contribution < -0.4 is 24.4 Å². The van der Waals surface area contributed by atoms with Gasteiger partial charge in [-0.25, -0.2) is 4.79 Å². The van der Waals surface area contributed by atoms with E-state index < -0.39 is 91.8 Å². The minimum absolute atomic E-state index is 0.00935. The maximum atomic E-state index is 13.2. The Hall–Kier alpha value is -5.68. The first-order chi connectivity index (χ1) is 28.2. The lowest BCUT2D eigenvalue weighted by Gasteiger charge is -2.43. The molecule has 20 nitrogen and oxygen atoms in total. The molecule has 1 aliphatic carbocycles. The zero-order valence-corrected chi connectivity index (χ0v) is 31.5. The third-order valence-electron chi connectivity index (χ3n) is 9.57. The molecule has 10 unspecified atom stereocenters. The van der Waals surface area contributed by atoms with Gasteiger partial charge in [-0.05, 0) is 48.0 Å². The molecule has 0 saturated carbocycles. The Morgan fingerprint density at radius 1 is 0.729 bits per heavy atom. The zero-order valence-electron chi connectivity index (χ0n) is 31.5. The summed E-state index contributed by atoms with van der Waals surface area (Å²) in [5, 5.41) is 94.7. The van der Waals surface area contributed by atoms with E-state index in [4.69, 9.17) is 42.3 Å². The van der Waals surface area contributed by atoms with Crippen LogP contribution in [0.1, 0.15) is 5.56 Å². The van der Waals surface area contributed by atoms with E-state index in [1.807, 2.05) is 0 Å². The smallest absolute Gasteiger partial charge is 0.331 e. The lowest BCUT2D eigenvalue weighted by molar-refractivity contribution is -0.323. The number of phenolic OH excluding ortho intramolecular Hbond substituents is 3. The maximum Gasteiger partial charge on any atom is 0.331 e. The first-order valence-electron chi connectivity index (χ1n) is 17.8. The summed E-state index contributed by atoms with van der Waals surface area (Å²) < 4.78 is 50.2. The zero-order chi connectivity index (χ0) is 42.7. The second-order valence-electron chi connectivity index (χ2n) is 13.4. The molecule has 4 aliphatic rings. The van der Waals surface area contributed by atoms with Crippen molar-refractivity contribution in [2.45, 2.75) is 61.4 Å². The number of hydrogen-bond donors (Lipinski definition) is 9. The molecule has 0 amide bonds. The Morgan fingerprint density at radius 2 is 1.39 bits per heavy atom. The number of carbonyl (C=O) groups excluding carboxylic acids is 1. The van der Waals surface area contributed by atoms with Gasteiger partial charge in [0.1, 0.15) is 54.2 Å². The van der Waals surface area contributed by atoms with Crippen molar-refractivity contribution in [1.29, 1.82) is 0 Å². The minimum atomic E-state index is -2.00. The molecule has 0 radical (unpaired) electrons. The lowest BCUT2D eigenvalue weighted by atomic mass is 9.98. The van der Waals surface area contributed by atoms with Crippen LogP contribution in [-0.4, -0.2) is 148 Å². The molecule has 0 aromatic heterocycles. The van der Waals surface area contributed by atoms with Gasteiger partial charge in [0.15, 0.2) is 52.3 Å². The molecule has 318 valence electrons. The van der Waals surface area contributed by atoms with Gasteiger partial charge >= 0.3 is 5.97 Å². The maximum absolute atomic E-state index is 13.2. The number of rotatable bonds is 13. The molecule has 2 fully saturated rings. The van der Waals surface area contributed by atoms with Crippen molar-refractivity contribution in [2.24, 2.45) is 0 Å². The number of methoxy groups -OCH3 is 3. The number of hydrogen-bond acceptors (Lipinski definition) is 20. The third-order valence-corrected chi connectivity index (χ3v) is 9.57. The average Bonchev–Trinajstić information content (AvgIpc) is 3.22. The highest BCUT2D eigenvalue weighted by Gasteiger charge is 2.50. The highest BCUT2D eigenvalue weighted by Crippen LogP contribution is 2.44. The van der Waals surface area contributed by atoms with E-state index in [2.05, 4.69) is 0 Å². The van der Waals surface area contributed by atoms with E-state index in [0.29, 0.717) is 5.56 Å². The Kier molecular flexibility index (Phi) is 13.1. The summed E-state index contributed by atoms with van der Waals surface area (Å²) in [6, 6.07) is 10.1. The number of ether oxygens (including phenoxy) is 8. The van der Waals surface area contributed by atoms with E-state index in [1.54, 1.807) is 0 Å². The van der Waals surface area contributed by atoms with E-state index in [-0.39, 0.29) is 57.1 Å². The number of aromatic hydroxyl groups is 3. The molecule has 20 heteroatoms. The quantitative estimate of drug-likeness (QED) is 0.0624. The molecule has 2 aromatic carbocycles. The van der Waals surface area contributed by atoms with Crippen molar-refractivity contribution < 1.29 is 93.1 Å². The summed E-state index contributed by atoms with van der Waals surface area (Å²) in [7, 11) is 3.92. The van der Waals surface area contributed by atoms with Gasteiger partial charge in [-0.15, -0.1) is 0 Å². The predicted molar refractivity (Wildman–Crippen MR) is 198 cm³/mol. The van der Waals surface area contributed by atoms with Crippen LogP contribution in [0.3, 0.4) is 0 Å². The molecule has 6 rings (SSSR count). The van der Waals surface area contributed by atoms with Crippen molar-refractivity contribution in [2.75, 3.05) is 34.5 Å². The van der Waals surface area contributed by atoms with E-state index in [0.717, 1.165) is 18.2 Å². The summed E-state index contributed by atoms with van der Waals surface area (Å²) in [4.78, 5) is 25.5. The van der Waals surface area contributed by atoms with Crippen LogP contribution in [0, 0.1) is 0 Å².